The molecule has 0 saturated carbocycles. The molecule has 2 rings (SSSR count). The van der Waals surface area contributed by atoms with Gasteiger partial charge in [0.05, 0.1) is 5.56 Å². The van der Waals surface area contributed by atoms with Gasteiger partial charge in [0.15, 0.2) is 0 Å². The summed E-state index contributed by atoms with van der Waals surface area (Å²) in [5.41, 5.74) is 10.4. The lowest BCUT2D eigenvalue weighted by Crippen LogP contribution is -2.18. The molecule has 2 aromatic rings. The highest BCUT2D eigenvalue weighted by molar-refractivity contribution is 6.08. The Morgan fingerprint density at radius 2 is 1.52 bits per heavy atom. The van der Waals surface area contributed by atoms with E-state index in [0.29, 0.717) is 0 Å². The molecule has 6 heteroatoms. The second-order valence-electron chi connectivity index (χ2n) is 4.23. The van der Waals surface area contributed by atoms with Crippen LogP contribution in [0.25, 0.3) is 11.1 Å². The number of primary amides is 2. The van der Waals surface area contributed by atoms with Crippen molar-refractivity contribution in [3.8, 4) is 17.2 Å². The van der Waals surface area contributed by atoms with Gasteiger partial charge in [0, 0.05) is 22.3 Å². The standard InChI is InChI=1S/C15H10FN3O2/c16-12-6-2-3-8(11(12)7-17)13-9(14(18)20)4-1-5-10(13)15(19)21/h1-6H,(H2,18,20)(H2,19,21). The zero-order valence-corrected chi connectivity index (χ0v) is 10.8. The molecule has 0 saturated heterocycles. The van der Waals surface area contributed by atoms with Gasteiger partial charge in [0.25, 0.3) is 0 Å². The number of amides is 2. The van der Waals surface area contributed by atoms with Crippen LogP contribution in [0, 0.1) is 17.1 Å². The van der Waals surface area contributed by atoms with Gasteiger partial charge in [0.2, 0.25) is 11.8 Å². The van der Waals surface area contributed by atoms with Crippen molar-refractivity contribution in [3.63, 3.8) is 0 Å². The summed E-state index contributed by atoms with van der Waals surface area (Å²) in [7, 11) is 0. The predicted molar refractivity (Wildman–Crippen MR) is 73.6 cm³/mol. The van der Waals surface area contributed by atoms with Crippen molar-refractivity contribution in [1.29, 1.82) is 5.26 Å². The van der Waals surface area contributed by atoms with Crippen molar-refractivity contribution >= 4 is 11.8 Å². The SMILES string of the molecule is N#Cc1c(F)cccc1-c1c(C(N)=O)cccc1C(N)=O. The Kier molecular flexibility index (Phi) is 3.67. The molecule has 0 aliphatic rings. The topological polar surface area (TPSA) is 110 Å². The van der Waals surface area contributed by atoms with Gasteiger partial charge in [-0.1, -0.05) is 18.2 Å². The summed E-state index contributed by atoms with van der Waals surface area (Å²) >= 11 is 0. The highest BCUT2D eigenvalue weighted by Crippen LogP contribution is 2.31. The molecule has 0 unspecified atom stereocenters. The third-order valence-corrected chi connectivity index (χ3v) is 2.99. The number of hydrogen-bond acceptors (Lipinski definition) is 3. The van der Waals surface area contributed by atoms with Crippen LogP contribution in [0.2, 0.25) is 0 Å². The Hall–Kier alpha value is -3.20. The fourth-order valence-corrected chi connectivity index (χ4v) is 2.10. The van der Waals surface area contributed by atoms with E-state index in [9.17, 15) is 14.0 Å². The lowest BCUT2D eigenvalue weighted by atomic mass is 9.90. The van der Waals surface area contributed by atoms with Crippen LogP contribution in [-0.4, -0.2) is 11.8 Å². The average Bonchev–Trinajstić information content (AvgIpc) is 2.45. The molecule has 0 spiro atoms. The van der Waals surface area contributed by atoms with Crippen molar-refractivity contribution in [1.82, 2.24) is 0 Å². The average molecular weight is 283 g/mol. The molecule has 0 atom stereocenters. The largest absolute Gasteiger partial charge is 0.366 e. The minimum absolute atomic E-state index is 0.00611. The fourth-order valence-electron chi connectivity index (χ4n) is 2.10. The van der Waals surface area contributed by atoms with Crippen LogP contribution in [0.15, 0.2) is 36.4 Å². The van der Waals surface area contributed by atoms with Crippen molar-refractivity contribution in [3.05, 3.63) is 58.9 Å². The van der Waals surface area contributed by atoms with E-state index in [4.69, 9.17) is 16.7 Å². The maximum absolute atomic E-state index is 13.7. The molecule has 0 aliphatic carbocycles. The minimum Gasteiger partial charge on any atom is -0.366 e. The number of nitrogens with two attached hydrogens (primary N) is 2. The molecule has 104 valence electrons. The van der Waals surface area contributed by atoms with Crippen molar-refractivity contribution in [2.45, 2.75) is 0 Å². The zero-order chi connectivity index (χ0) is 15.6. The molecule has 0 aromatic heterocycles. The lowest BCUT2D eigenvalue weighted by molar-refractivity contribution is 0.0999. The summed E-state index contributed by atoms with van der Waals surface area (Å²) in [4.78, 5) is 23.1. The summed E-state index contributed by atoms with van der Waals surface area (Å²) in [6, 6.07) is 9.83. The van der Waals surface area contributed by atoms with Crippen LogP contribution in [0.1, 0.15) is 26.3 Å². The molecule has 0 aliphatic heterocycles. The lowest BCUT2D eigenvalue weighted by Gasteiger charge is -2.13. The van der Waals surface area contributed by atoms with Gasteiger partial charge in [-0.05, 0) is 18.2 Å². The number of rotatable bonds is 3. The fraction of sp³-hybridized carbons (Fsp3) is 0. The first-order valence-electron chi connectivity index (χ1n) is 5.89. The molecule has 0 heterocycles. The van der Waals surface area contributed by atoms with Crippen LogP contribution in [-0.2, 0) is 0 Å². The Balaban J connectivity index is 2.92. The number of nitrogens with zero attached hydrogens (tertiary/aromatic N) is 1. The molecule has 0 bridgehead atoms. The number of halogens is 1. The molecule has 0 fully saturated rings. The summed E-state index contributed by atoms with van der Waals surface area (Å²) in [6.07, 6.45) is 0. The Labute approximate surface area is 119 Å². The van der Waals surface area contributed by atoms with Crippen LogP contribution in [0.5, 0.6) is 0 Å². The van der Waals surface area contributed by atoms with Crippen molar-refractivity contribution in [2.75, 3.05) is 0 Å². The highest BCUT2D eigenvalue weighted by atomic mass is 19.1. The number of nitriles is 1. The first-order chi connectivity index (χ1) is 9.97. The van der Waals surface area contributed by atoms with Gasteiger partial charge in [-0.3, -0.25) is 9.59 Å². The molecule has 2 aromatic carbocycles. The van der Waals surface area contributed by atoms with E-state index < -0.39 is 17.6 Å². The Morgan fingerprint density at radius 1 is 1.00 bits per heavy atom. The van der Waals surface area contributed by atoms with Crippen LogP contribution in [0.3, 0.4) is 0 Å². The van der Waals surface area contributed by atoms with E-state index in [1.807, 2.05) is 0 Å². The van der Waals surface area contributed by atoms with Gasteiger partial charge in [-0.15, -0.1) is 0 Å². The number of carbonyl (C=O) groups is 2. The van der Waals surface area contributed by atoms with E-state index in [0.717, 1.165) is 6.07 Å². The van der Waals surface area contributed by atoms with Gasteiger partial charge < -0.3 is 11.5 Å². The first-order valence-corrected chi connectivity index (χ1v) is 5.89. The van der Waals surface area contributed by atoms with E-state index >= 15 is 0 Å². The monoisotopic (exact) mass is 283 g/mol. The third kappa shape index (κ3) is 2.44. The maximum atomic E-state index is 13.7. The van der Waals surface area contributed by atoms with Crippen LogP contribution < -0.4 is 11.5 Å². The second-order valence-corrected chi connectivity index (χ2v) is 4.23. The molecular weight excluding hydrogens is 273 g/mol. The molecule has 4 N–H and O–H groups in total. The van der Waals surface area contributed by atoms with Gasteiger partial charge >= 0.3 is 0 Å². The van der Waals surface area contributed by atoms with E-state index in [2.05, 4.69) is 0 Å². The molecular formula is C15H10FN3O2. The second kappa shape index (κ2) is 5.43. The molecule has 2 amide bonds. The quantitative estimate of drug-likeness (QED) is 0.891. The van der Waals surface area contributed by atoms with Crippen LogP contribution in [0.4, 0.5) is 4.39 Å². The molecule has 21 heavy (non-hydrogen) atoms. The van der Waals surface area contributed by atoms with Crippen molar-refractivity contribution < 1.29 is 14.0 Å². The van der Waals surface area contributed by atoms with Crippen LogP contribution >= 0.6 is 0 Å². The maximum Gasteiger partial charge on any atom is 0.249 e. The summed E-state index contributed by atoms with van der Waals surface area (Å²) in [6.45, 7) is 0. The smallest absolute Gasteiger partial charge is 0.249 e. The zero-order valence-electron chi connectivity index (χ0n) is 10.8. The minimum atomic E-state index is -0.804. The number of benzene rings is 2. The van der Waals surface area contributed by atoms with Gasteiger partial charge in [-0.2, -0.15) is 5.26 Å². The van der Waals surface area contributed by atoms with Gasteiger partial charge in [0.1, 0.15) is 11.9 Å². The number of hydrogen-bond donors (Lipinski definition) is 2. The van der Waals surface area contributed by atoms with E-state index in [1.54, 1.807) is 6.07 Å². The normalized spacial score (nSPS) is 9.90. The van der Waals surface area contributed by atoms with E-state index in [1.165, 1.54) is 30.3 Å². The molecule has 5 nitrogen and oxygen atoms in total. The Morgan fingerprint density at radius 3 is 2.00 bits per heavy atom. The number of carbonyl (C=O) groups excluding carboxylic acids is 2. The first kappa shape index (κ1) is 14.2. The Bertz CT molecular complexity index is 762. The summed E-state index contributed by atoms with van der Waals surface area (Å²) in [5, 5.41) is 9.10. The third-order valence-electron chi connectivity index (χ3n) is 2.99. The summed E-state index contributed by atoms with van der Waals surface area (Å²) in [5.74, 6) is -2.37. The van der Waals surface area contributed by atoms with Gasteiger partial charge in [-0.25, -0.2) is 4.39 Å². The highest BCUT2D eigenvalue weighted by Gasteiger charge is 2.21. The van der Waals surface area contributed by atoms with E-state index in [-0.39, 0.29) is 27.8 Å². The molecule has 0 radical (unpaired) electrons. The van der Waals surface area contributed by atoms with Crippen molar-refractivity contribution in [2.24, 2.45) is 11.5 Å². The predicted octanol–water partition coefficient (Wildman–Crippen LogP) is 1.56. The summed E-state index contributed by atoms with van der Waals surface area (Å²) < 4.78 is 13.7.